The summed E-state index contributed by atoms with van der Waals surface area (Å²) in [6.07, 6.45) is 0. The van der Waals surface area contributed by atoms with Gasteiger partial charge in [-0.3, -0.25) is 10.1 Å². The van der Waals surface area contributed by atoms with Crippen LogP contribution >= 0.6 is 15.9 Å². The number of hydrogen-bond donors (Lipinski definition) is 2. The molecule has 0 aliphatic carbocycles. The van der Waals surface area contributed by atoms with Crippen molar-refractivity contribution in [3.63, 3.8) is 0 Å². The molecule has 2 atom stereocenters. The van der Waals surface area contributed by atoms with Crippen molar-refractivity contribution in [1.29, 1.82) is 0 Å². The van der Waals surface area contributed by atoms with E-state index in [1.165, 1.54) is 22.9 Å². The lowest BCUT2D eigenvalue weighted by Crippen LogP contribution is -2.29. The molecule has 0 bridgehead atoms. The molecule has 0 radical (unpaired) electrons. The van der Waals surface area contributed by atoms with Gasteiger partial charge in [-0.1, -0.05) is 61.8 Å². The maximum Gasteiger partial charge on any atom is 0.270 e. The van der Waals surface area contributed by atoms with Crippen LogP contribution in [-0.2, 0) is 10.8 Å². The van der Waals surface area contributed by atoms with Crippen molar-refractivity contribution < 1.29 is 4.92 Å². The second-order valence-electron chi connectivity index (χ2n) is 10.4. The van der Waals surface area contributed by atoms with E-state index in [1.807, 2.05) is 12.1 Å². The smallest absolute Gasteiger partial charge is 0.270 e. The van der Waals surface area contributed by atoms with Crippen LogP contribution in [-0.4, -0.2) is 17.0 Å². The second kappa shape index (κ2) is 8.73. The zero-order valence-electron chi connectivity index (χ0n) is 20.6. The Balaban J connectivity index is 0.000000180. The van der Waals surface area contributed by atoms with Crippen LogP contribution in [0.4, 0.5) is 17.1 Å². The van der Waals surface area contributed by atoms with Crippen LogP contribution in [0.5, 0.6) is 0 Å². The van der Waals surface area contributed by atoms with Crippen molar-refractivity contribution in [3.05, 3.63) is 86.4 Å². The van der Waals surface area contributed by atoms with E-state index < -0.39 is 0 Å². The summed E-state index contributed by atoms with van der Waals surface area (Å²) in [5.41, 5.74) is 7.41. The van der Waals surface area contributed by atoms with Gasteiger partial charge in [0.15, 0.2) is 0 Å². The van der Waals surface area contributed by atoms with Crippen LogP contribution in [0.3, 0.4) is 0 Å². The number of nitro benzene ring substituents is 1. The highest BCUT2D eigenvalue weighted by atomic mass is 79.9. The molecule has 34 heavy (non-hydrogen) atoms. The van der Waals surface area contributed by atoms with Gasteiger partial charge >= 0.3 is 0 Å². The van der Waals surface area contributed by atoms with Crippen LogP contribution in [0.15, 0.2) is 65.1 Å². The molecule has 2 N–H and O–H groups in total. The van der Waals surface area contributed by atoms with E-state index in [4.69, 9.17) is 0 Å². The van der Waals surface area contributed by atoms with Crippen molar-refractivity contribution in [3.8, 4) is 11.1 Å². The lowest BCUT2D eigenvalue weighted by Gasteiger charge is -2.24. The molecule has 0 fully saturated rings. The van der Waals surface area contributed by atoms with Crippen molar-refractivity contribution in [2.24, 2.45) is 0 Å². The minimum atomic E-state index is -0.357. The molecule has 3 aromatic carbocycles. The Morgan fingerprint density at radius 1 is 0.794 bits per heavy atom. The predicted molar refractivity (Wildman–Crippen MR) is 145 cm³/mol. The molecule has 0 spiro atoms. The first-order chi connectivity index (χ1) is 15.9. The van der Waals surface area contributed by atoms with Gasteiger partial charge in [-0.15, -0.1) is 0 Å². The zero-order valence-corrected chi connectivity index (χ0v) is 22.2. The molecular weight excluding hydrogens is 490 g/mol. The van der Waals surface area contributed by atoms with Crippen molar-refractivity contribution in [1.82, 2.24) is 0 Å². The van der Waals surface area contributed by atoms with Gasteiger partial charge < -0.3 is 10.6 Å². The number of hydrogen-bond acceptors (Lipinski definition) is 4. The van der Waals surface area contributed by atoms with E-state index in [1.54, 1.807) is 12.1 Å². The minimum Gasteiger partial charge on any atom is -0.381 e. The number of nitrogens with zero attached hydrogens (tertiary/aromatic N) is 1. The summed E-state index contributed by atoms with van der Waals surface area (Å²) in [4.78, 5) is 10.6. The molecule has 2 aliphatic rings. The van der Waals surface area contributed by atoms with Crippen molar-refractivity contribution in [2.45, 2.75) is 64.5 Å². The molecule has 3 aromatic rings. The molecule has 178 valence electrons. The highest BCUT2D eigenvalue weighted by Gasteiger charge is 2.37. The van der Waals surface area contributed by atoms with Gasteiger partial charge in [0.2, 0.25) is 0 Å². The highest BCUT2D eigenvalue weighted by Crippen LogP contribution is 2.43. The summed E-state index contributed by atoms with van der Waals surface area (Å²) in [6.45, 7) is 13.4. The van der Waals surface area contributed by atoms with Crippen LogP contribution in [0.2, 0.25) is 0 Å². The number of fused-ring (bicyclic) bond motifs is 2. The number of benzene rings is 3. The Labute approximate surface area is 210 Å². The number of anilines is 2. The van der Waals surface area contributed by atoms with Gasteiger partial charge in [0, 0.05) is 50.9 Å². The molecule has 5 rings (SSSR count). The molecule has 0 aromatic heterocycles. The summed E-state index contributed by atoms with van der Waals surface area (Å²) < 4.78 is 1.16. The first kappa shape index (κ1) is 24.3. The third-order valence-corrected chi connectivity index (χ3v) is 8.18. The van der Waals surface area contributed by atoms with Crippen LogP contribution < -0.4 is 10.6 Å². The fourth-order valence-corrected chi connectivity index (χ4v) is 5.01. The topological polar surface area (TPSA) is 67.2 Å². The third kappa shape index (κ3) is 4.31. The van der Waals surface area contributed by atoms with Crippen LogP contribution in [0.25, 0.3) is 11.1 Å². The molecule has 2 unspecified atom stereocenters. The lowest BCUT2D eigenvalue weighted by molar-refractivity contribution is -0.384. The fraction of sp³-hybridized carbons (Fsp3) is 0.357. The summed E-state index contributed by atoms with van der Waals surface area (Å²) >= 11 is 3.51. The van der Waals surface area contributed by atoms with E-state index in [9.17, 15) is 10.1 Å². The Bertz CT molecular complexity index is 1250. The highest BCUT2D eigenvalue weighted by molar-refractivity contribution is 9.10. The average Bonchev–Trinajstić information content (AvgIpc) is 3.16. The monoisotopic (exact) mass is 521 g/mol. The van der Waals surface area contributed by atoms with Crippen LogP contribution in [0.1, 0.15) is 52.7 Å². The summed E-state index contributed by atoms with van der Waals surface area (Å²) in [7, 11) is 0. The van der Waals surface area contributed by atoms with E-state index in [0.29, 0.717) is 12.1 Å². The van der Waals surface area contributed by atoms with Gasteiger partial charge in [0.1, 0.15) is 0 Å². The van der Waals surface area contributed by atoms with E-state index >= 15 is 0 Å². The predicted octanol–water partition coefficient (Wildman–Crippen LogP) is 7.89. The van der Waals surface area contributed by atoms with Crippen molar-refractivity contribution >= 4 is 33.0 Å². The van der Waals surface area contributed by atoms with Gasteiger partial charge in [0.25, 0.3) is 5.69 Å². The Hall–Kier alpha value is -2.86. The normalized spacial score (nSPS) is 20.8. The number of nitro groups is 1. The molecule has 0 amide bonds. The van der Waals surface area contributed by atoms with Crippen LogP contribution in [0, 0.1) is 10.1 Å². The first-order valence-electron chi connectivity index (χ1n) is 11.6. The third-order valence-electron chi connectivity index (χ3n) is 7.69. The SMILES string of the molecule is CC1Nc2ccc(-c3cccc([N+](=O)[O-])c3)cc2C1(C)C.CC1Nc2ccc(Br)cc2C1(C)C. The summed E-state index contributed by atoms with van der Waals surface area (Å²) in [6, 6.07) is 20.3. The zero-order chi connectivity index (χ0) is 24.8. The molecular formula is C28H32BrN3O2. The van der Waals surface area contributed by atoms with Gasteiger partial charge in [-0.25, -0.2) is 0 Å². The van der Waals surface area contributed by atoms with E-state index in [2.05, 4.69) is 98.4 Å². The number of non-ortho nitro benzene ring substituents is 1. The standard InChI is InChI=1S/C17H18N2O2.C11H14BrN/c1-11-17(2,3)15-10-13(7-8-16(15)18-11)12-5-4-6-14(9-12)19(20)21;1-7-11(2,3)9-6-8(12)4-5-10(9)13-7/h4-11,18H,1-3H3;4-7,13H,1-3H3. The number of nitrogens with one attached hydrogen (secondary N) is 2. The quantitative estimate of drug-likeness (QED) is 0.265. The molecule has 2 heterocycles. The number of rotatable bonds is 2. The van der Waals surface area contributed by atoms with Gasteiger partial charge in [0.05, 0.1) is 4.92 Å². The minimum absolute atomic E-state index is 0.0477. The maximum absolute atomic E-state index is 10.9. The van der Waals surface area contributed by atoms with Gasteiger partial charge in [-0.05, 0) is 66.4 Å². The Morgan fingerprint density at radius 3 is 1.91 bits per heavy atom. The average molecular weight is 522 g/mol. The molecule has 2 aliphatic heterocycles. The molecule has 0 saturated carbocycles. The Morgan fingerprint density at radius 2 is 1.32 bits per heavy atom. The largest absolute Gasteiger partial charge is 0.381 e. The fourth-order valence-electron chi connectivity index (χ4n) is 4.65. The van der Waals surface area contributed by atoms with E-state index in [0.717, 1.165) is 21.3 Å². The molecule has 5 nitrogen and oxygen atoms in total. The van der Waals surface area contributed by atoms with E-state index in [-0.39, 0.29) is 21.4 Å². The maximum atomic E-state index is 10.9. The van der Waals surface area contributed by atoms with Crippen molar-refractivity contribution in [2.75, 3.05) is 10.6 Å². The second-order valence-corrected chi connectivity index (χ2v) is 11.3. The number of halogens is 1. The first-order valence-corrected chi connectivity index (χ1v) is 12.4. The molecule has 6 heteroatoms. The lowest BCUT2D eigenvalue weighted by atomic mass is 9.80. The van der Waals surface area contributed by atoms with Gasteiger partial charge in [-0.2, -0.15) is 0 Å². The summed E-state index contributed by atoms with van der Waals surface area (Å²) in [5, 5.41) is 17.9. The molecule has 0 saturated heterocycles. The Kier molecular flexibility index (Phi) is 6.23. The summed E-state index contributed by atoms with van der Waals surface area (Å²) in [5.74, 6) is 0.